The highest BCUT2D eigenvalue weighted by atomic mass is 32.2. The van der Waals surface area contributed by atoms with Crippen LogP contribution >= 0.6 is 11.8 Å². The van der Waals surface area contributed by atoms with Crippen molar-refractivity contribution in [1.29, 1.82) is 0 Å². The minimum absolute atomic E-state index is 1.17. The Morgan fingerprint density at radius 2 is 2.20 bits per heavy atom. The fraction of sp³-hybridized carbons (Fsp3) is 0.333. The Morgan fingerprint density at radius 3 is 3.10 bits per heavy atom. The number of thioether (sulfide) groups is 1. The van der Waals surface area contributed by atoms with Crippen LogP contribution in [0.4, 0.5) is 0 Å². The maximum Gasteiger partial charge on any atom is -0.0179 e. The van der Waals surface area contributed by atoms with Gasteiger partial charge in [0.2, 0.25) is 0 Å². The van der Waals surface area contributed by atoms with Gasteiger partial charge in [-0.1, -0.05) is 24.3 Å². The van der Waals surface area contributed by atoms with E-state index in [1.165, 1.54) is 17.7 Å². The molecular weight excluding hydrogens is 140 g/mol. The predicted molar refractivity (Wildman–Crippen MR) is 48.9 cm³/mol. The van der Waals surface area contributed by atoms with Gasteiger partial charge < -0.3 is 0 Å². The van der Waals surface area contributed by atoms with Crippen molar-refractivity contribution in [2.45, 2.75) is 19.8 Å². The largest absolute Gasteiger partial charge is 0.103 e. The van der Waals surface area contributed by atoms with Crippen LogP contribution in [0, 0.1) is 0 Å². The molecule has 1 aliphatic heterocycles. The highest BCUT2D eigenvalue weighted by Crippen LogP contribution is 2.18. The van der Waals surface area contributed by atoms with Gasteiger partial charge in [-0.3, -0.25) is 0 Å². The van der Waals surface area contributed by atoms with E-state index in [9.17, 15) is 0 Å². The standard InChI is InChI=1S/C9H12S/c1-9-7-5-3-2-4-6-8-10-9/h2,4,6-8H,3,5H2,1H3/b4-2+,8-6-,9-7+. The van der Waals surface area contributed by atoms with Crippen LogP contribution < -0.4 is 0 Å². The molecule has 0 saturated carbocycles. The molecule has 1 heterocycles. The molecule has 0 radical (unpaired) electrons. The molecule has 1 rings (SSSR count). The zero-order valence-electron chi connectivity index (χ0n) is 6.21. The smallest absolute Gasteiger partial charge is 0.0179 e. The molecule has 0 nitrogen and oxygen atoms in total. The van der Waals surface area contributed by atoms with Crippen molar-refractivity contribution in [1.82, 2.24) is 0 Å². The first-order chi connectivity index (χ1) is 4.89. The van der Waals surface area contributed by atoms with Crippen LogP contribution in [0.2, 0.25) is 0 Å². The Balaban J connectivity index is 2.54. The van der Waals surface area contributed by atoms with E-state index < -0.39 is 0 Å². The molecule has 54 valence electrons. The van der Waals surface area contributed by atoms with Gasteiger partial charge in [0.1, 0.15) is 0 Å². The highest BCUT2D eigenvalue weighted by molar-refractivity contribution is 8.05. The fourth-order valence-corrected chi connectivity index (χ4v) is 1.40. The van der Waals surface area contributed by atoms with Gasteiger partial charge >= 0.3 is 0 Å². The molecule has 0 bridgehead atoms. The van der Waals surface area contributed by atoms with Crippen LogP contribution in [0.25, 0.3) is 0 Å². The van der Waals surface area contributed by atoms with E-state index in [1.54, 1.807) is 11.8 Å². The van der Waals surface area contributed by atoms with E-state index in [2.05, 4.69) is 36.6 Å². The number of rotatable bonds is 0. The van der Waals surface area contributed by atoms with Crippen molar-refractivity contribution in [3.63, 3.8) is 0 Å². The Morgan fingerprint density at radius 1 is 1.30 bits per heavy atom. The van der Waals surface area contributed by atoms with Crippen LogP contribution in [0.1, 0.15) is 19.8 Å². The molecule has 0 aromatic carbocycles. The van der Waals surface area contributed by atoms with Crippen LogP contribution in [0.3, 0.4) is 0 Å². The average molecular weight is 152 g/mol. The molecule has 0 aliphatic carbocycles. The first-order valence-corrected chi connectivity index (χ1v) is 4.42. The summed E-state index contributed by atoms with van der Waals surface area (Å²) >= 11 is 1.79. The summed E-state index contributed by atoms with van der Waals surface area (Å²) in [6.07, 6.45) is 11.0. The van der Waals surface area contributed by atoms with Gasteiger partial charge in [-0.2, -0.15) is 0 Å². The SMILES string of the molecule is C/C1=C\CC/C=C/C=C\S1. The van der Waals surface area contributed by atoms with Gasteiger partial charge in [-0.25, -0.2) is 0 Å². The third kappa shape index (κ3) is 2.92. The molecule has 0 aromatic heterocycles. The molecule has 0 N–H and O–H groups in total. The van der Waals surface area contributed by atoms with Gasteiger partial charge in [0.25, 0.3) is 0 Å². The normalized spacial score (nSPS) is 30.7. The highest BCUT2D eigenvalue weighted by Gasteiger charge is 1.86. The minimum atomic E-state index is 1.17. The summed E-state index contributed by atoms with van der Waals surface area (Å²) < 4.78 is 0. The summed E-state index contributed by atoms with van der Waals surface area (Å²) in [5, 5.41) is 2.12. The van der Waals surface area contributed by atoms with Crippen molar-refractivity contribution < 1.29 is 0 Å². The molecule has 0 saturated heterocycles. The zero-order valence-corrected chi connectivity index (χ0v) is 7.03. The van der Waals surface area contributed by atoms with Gasteiger partial charge in [0.15, 0.2) is 0 Å². The molecule has 1 aliphatic rings. The lowest BCUT2D eigenvalue weighted by Gasteiger charge is -1.91. The second-order valence-electron chi connectivity index (χ2n) is 2.27. The van der Waals surface area contributed by atoms with E-state index in [4.69, 9.17) is 0 Å². The molecule has 0 spiro atoms. The monoisotopic (exact) mass is 152 g/mol. The zero-order chi connectivity index (χ0) is 7.23. The maximum atomic E-state index is 2.28. The van der Waals surface area contributed by atoms with E-state index >= 15 is 0 Å². The predicted octanol–water partition coefficient (Wildman–Crippen LogP) is 3.49. The summed E-state index contributed by atoms with van der Waals surface area (Å²) in [6, 6.07) is 0. The lowest BCUT2D eigenvalue weighted by Crippen LogP contribution is -1.65. The number of hydrogen-bond donors (Lipinski definition) is 0. The molecule has 0 aromatic rings. The quantitative estimate of drug-likeness (QED) is 0.512. The number of allylic oxidation sites excluding steroid dienone is 5. The van der Waals surface area contributed by atoms with Crippen molar-refractivity contribution in [3.8, 4) is 0 Å². The summed E-state index contributed by atoms with van der Waals surface area (Å²) in [5.74, 6) is 0. The maximum absolute atomic E-state index is 2.28. The molecular formula is C9H12S. The molecule has 0 amide bonds. The third-order valence-corrected chi connectivity index (χ3v) is 2.18. The van der Waals surface area contributed by atoms with Crippen molar-refractivity contribution >= 4 is 11.8 Å². The summed E-state index contributed by atoms with van der Waals surface area (Å²) in [7, 11) is 0. The lowest BCUT2D eigenvalue weighted by molar-refractivity contribution is 1.05. The topological polar surface area (TPSA) is 0 Å². The second-order valence-corrected chi connectivity index (χ2v) is 3.42. The molecule has 0 fully saturated rings. The van der Waals surface area contributed by atoms with Crippen molar-refractivity contribution in [3.05, 3.63) is 34.6 Å². The van der Waals surface area contributed by atoms with Crippen LogP contribution in [-0.4, -0.2) is 0 Å². The van der Waals surface area contributed by atoms with Crippen LogP contribution in [-0.2, 0) is 0 Å². The van der Waals surface area contributed by atoms with Gasteiger partial charge in [-0.15, -0.1) is 11.8 Å². The molecule has 10 heavy (non-hydrogen) atoms. The van der Waals surface area contributed by atoms with Gasteiger partial charge in [-0.05, 0) is 30.1 Å². The van der Waals surface area contributed by atoms with E-state index in [0.717, 1.165) is 0 Å². The summed E-state index contributed by atoms with van der Waals surface area (Å²) in [6.45, 7) is 2.15. The Hall–Kier alpha value is -0.430. The second kappa shape index (κ2) is 4.40. The van der Waals surface area contributed by atoms with Crippen LogP contribution in [0.5, 0.6) is 0 Å². The van der Waals surface area contributed by atoms with E-state index in [1.807, 2.05) is 0 Å². The summed E-state index contributed by atoms with van der Waals surface area (Å²) in [5.41, 5.74) is 0. The molecule has 0 atom stereocenters. The Bertz CT molecular complexity index is 175. The van der Waals surface area contributed by atoms with Crippen molar-refractivity contribution in [2.75, 3.05) is 0 Å². The molecule has 0 unspecified atom stereocenters. The van der Waals surface area contributed by atoms with E-state index in [0.29, 0.717) is 0 Å². The Kier molecular flexibility index (Phi) is 3.37. The minimum Gasteiger partial charge on any atom is -0.103 e. The fourth-order valence-electron chi connectivity index (χ4n) is 0.798. The molecule has 1 heteroatoms. The number of hydrogen-bond acceptors (Lipinski definition) is 1. The first-order valence-electron chi connectivity index (χ1n) is 3.54. The lowest BCUT2D eigenvalue weighted by atomic mass is 10.3. The van der Waals surface area contributed by atoms with Gasteiger partial charge in [0, 0.05) is 0 Å². The Labute approximate surface area is 66.7 Å². The average Bonchev–Trinajstić information content (AvgIpc) is 2.02. The summed E-state index contributed by atoms with van der Waals surface area (Å²) in [4.78, 5) is 1.40. The van der Waals surface area contributed by atoms with Gasteiger partial charge in [0.05, 0.1) is 0 Å². The van der Waals surface area contributed by atoms with Crippen molar-refractivity contribution in [2.24, 2.45) is 0 Å². The van der Waals surface area contributed by atoms with E-state index in [-0.39, 0.29) is 0 Å². The van der Waals surface area contributed by atoms with Crippen LogP contribution in [0.15, 0.2) is 34.6 Å². The third-order valence-electron chi connectivity index (χ3n) is 1.34. The first kappa shape index (κ1) is 7.67.